The molecule has 0 aliphatic heterocycles. The first kappa shape index (κ1) is 11.1. The summed E-state index contributed by atoms with van der Waals surface area (Å²) in [5.41, 5.74) is 3.29. The number of nitrogens with zero attached hydrogens (tertiary/aromatic N) is 1. The molecule has 1 amide bonds. The number of rotatable bonds is 3. The Labute approximate surface area is 87.3 Å². The predicted octanol–water partition coefficient (Wildman–Crippen LogP) is 2.12. The third kappa shape index (κ3) is 3.34. The fraction of sp³-hybridized carbons (Fsp3) is 0.0909. The highest BCUT2D eigenvalue weighted by molar-refractivity contribution is 5.97. The van der Waals surface area contributed by atoms with Gasteiger partial charge in [-0.15, -0.1) is 0 Å². The number of halogens is 1. The van der Waals surface area contributed by atoms with Crippen LogP contribution in [-0.2, 0) is 0 Å². The Hall–Kier alpha value is -1.97. The predicted molar refractivity (Wildman–Crippen MR) is 57.2 cm³/mol. The fourth-order valence-electron chi connectivity index (χ4n) is 0.850. The Morgan fingerprint density at radius 1 is 1.47 bits per heavy atom. The zero-order valence-electron chi connectivity index (χ0n) is 8.33. The van der Waals surface area contributed by atoms with E-state index in [0.29, 0.717) is 11.3 Å². The van der Waals surface area contributed by atoms with Crippen LogP contribution in [0, 0.1) is 5.82 Å². The molecular weight excluding hydrogens is 195 g/mol. The van der Waals surface area contributed by atoms with Gasteiger partial charge in [0.15, 0.2) is 0 Å². The van der Waals surface area contributed by atoms with Crippen molar-refractivity contribution in [3.05, 3.63) is 48.3 Å². The summed E-state index contributed by atoms with van der Waals surface area (Å²) >= 11 is 0. The van der Waals surface area contributed by atoms with Crippen molar-refractivity contribution in [3.63, 3.8) is 0 Å². The second kappa shape index (κ2) is 5.05. The molecule has 1 rings (SSSR count). The van der Waals surface area contributed by atoms with Crippen LogP contribution in [0.1, 0.15) is 17.3 Å². The van der Waals surface area contributed by atoms with Crippen LogP contribution in [0.4, 0.5) is 4.39 Å². The van der Waals surface area contributed by atoms with Crippen molar-refractivity contribution in [1.29, 1.82) is 0 Å². The quantitative estimate of drug-likeness (QED) is 0.597. The molecule has 0 spiro atoms. The molecule has 0 aliphatic carbocycles. The lowest BCUT2D eigenvalue weighted by Gasteiger charge is -1.99. The minimum Gasteiger partial charge on any atom is -0.267 e. The van der Waals surface area contributed by atoms with Gasteiger partial charge in [-0.1, -0.05) is 6.58 Å². The van der Waals surface area contributed by atoms with Gasteiger partial charge in [-0.3, -0.25) is 4.79 Å². The number of hydrazone groups is 1. The second-order valence-corrected chi connectivity index (χ2v) is 2.91. The van der Waals surface area contributed by atoms with E-state index >= 15 is 0 Å². The molecule has 0 heterocycles. The largest absolute Gasteiger partial charge is 0.271 e. The maximum absolute atomic E-state index is 12.5. The van der Waals surface area contributed by atoms with Gasteiger partial charge in [0.25, 0.3) is 5.91 Å². The normalized spacial score (nSPS) is 10.9. The van der Waals surface area contributed by atoms with Gasteiger partial charge in [-0.05, 0) is 37.3 Å². The number of carbonyl (C=O) groups is 1. The maximum Gasteiger partial charge on any atom is 0.271 e. The summed E-state index contributed by atoms with van der Waals surface area (Å²) in [5, 5.41) is 3.75. The average molecular weight is 206 g/mol. The standard InChI is InChI=1S/C11H11FN2O/c1-3-8(2)13-14-11(15)9-4-6-10(12)7-5-9/h3-7H,1H2,2H3,(H,14,15)/b13-8+. The van der Waals surface area contributed by atoms with Crippen LogP contribution >= 0.6 is 0 Å². The number of benzene rings is 1. The molecule has 3 nitrogen and oxygen atoms in total. The lowest BCUT2D eigenvalue weighted by Crippen LogP contribution is -2.18. The second-order valence-electron chi connectivity index (χ2n) is 2.91. The number of amides is 1. The Kier molecular flexibility index (Phi) is 3.74. The monoisotopic (exact) mass is 206 g/mol. The number of hydrogen-bond acceptors (Lipinski definition) is 2. The van der Waals surface area contributed by atoms with Crippen molar-refractivity contribution >= 4 is 11.6 Å². The van der Waals surface area contributed by atoms with Gasteiger partial charge in [-0.25, -0.2) is 9.82 Å². The summed E-state index contributed by atoms with van der Waals surface area (Å²) in [6.45, 7) is 5.20. The molecule has 15 heavy (non-hydrogen) atoms. The maximum atomic E-state index is 12.5. The highest BCUT2D eigenvalue weighted by Gasteiger charge is 2.03. The van der Waals surface area contributed by atoms with Crippen LogP contribution in [0.25, 0.3) is 0 Å². The summed E-state index contributed by atoms with van der Waals surface area (Å²) in [6, 6.07) is 5.23. The van der Waals surface area contributed by atoms with Crippen LogP contribution in [0.2, 0.25) is 0 Å². The lowest BCUT2D eigenvalue weighted by molar-refractivity contribution is 0.0955. The molecule has 0 unspecified atom stereocenters. The first-order valence-electron chi connectivity index (χ1n) is 4.36. The van der Waals surface area contributed by atoms with Gasteiger partial charge in [0.1, 0.15) is 5.82 Å². The van der Waals surface area contributed by atoms with Crippen molar-refractivity contribution < 1.29 is 9.18 Å². The molecule has 78 valence electrons. The Balaban J connectivity index is 2.69. The minimum absolute atomic E-state index is 0.358. The molecule has 4 heteroatoms. The molecule has 0 aliphatic rings. The number of allylic oxidation sites excluding steroid dienone is 1. The summed E-state index contributed by atoms with van der Waals surface area (Å²) in [5.74, 6) is -0.756. The van der Waals surface area contributed by atoms with Crippen LogP contribution in [-0.4, -0.2) is 11.6 Å². The van der Waals surface area contributed by atoms with Crippen LogP contribution in [0.15, 0.2) is 42.0 Å². The fourth-order valence-corrected chi connectivity index (χ4v) is 0.850. The highest BCUT2D eigenvalue weighted by atomic mass is 19.1. The minimum atomic E-state index is -0.379. The third-order valence-electron chi connectivity index (χ3n) is 1.74. The number of nitrogens with one attached hydrogen (secondary N) is 1. The van der Waals surface area contributed by atoms with E-state index < -0.39 is 0 Å². The Morgan fingerprint density at radius 2 is 2.07 bits per heavy atom. The van der Waals surface area contributed by atoms with Crippen LogP contribution < -0.4 is 5.43 Å². The molecule has 0 saturated carbocycles. The SMILES string of the molecule is C=C/C(C)=N/NC(=O)c1ccc(F)cc1. The van der Waals surface area contributed by atoms with Crippen LogP contribution in [0.3, 0.4) is 0 Å². The van der Waals surface area contributed by atoms with E-state index in [4.69, 9.17) is 0 Å². The van der Waals surface area contributed by atoms with Gasteiger partial charge in [-0.2, -0.15) is 5.10 Å². The molecule has 0 saturated heterocycles. The summed E-state index contributed by atoms with van der Waals surface area (Å²) in [7, 11) is 0. The Bertz CT molecular complexity index is 396. The van der Waals surface area contributed by atoms with Gasteiger partial charge in [0.2, 0.25) is 0 Å². The summed E-state index contributed by atoms with van der Waals surface area (Å²) in [6.07, 6.45) is 1.52. The highest BCUT2D eigenvalue weighted by Crippen LogP contribution is 2.02. The van der Waals surface area contributed by atoms with Crippen molar-refractivity contribution in [3.8, 4) is 0 Å². The van der Waals surface area contributed by atoms with Gasteiger partial charge >= 0.3 is 0 Å². The number of carbonyl (C=O) groups excluding carboxylic acids is 1. The molecular formula is C11H11FN2O. The molecule has 1 aromatic carbocycles. The zero-order chi connectivity index (χ0) is 11.3. The topological polar surface area (TPSA) is 41.5 Å². The van der Waals surface area contributed by atoms with Crippen molar-refractivity contribution in [2.45, 2.75) is 6.92 Å². The molecule has 0 radical (unpaired) electrons. The number of hydrogen-bond donors (Lipinski definition) is 1. The molecule has 0 bridgehead atoms. The first-order chi connectivity index (χ1) is 7.13. The van der Waals surface area contributed by atoms with Crippen molar-refractivity contribution in [2.24, 2.45) is 5.10 Å². The van der Waals surface area contributed by atoms with E-state index in [1.54, 1.807) is 6.92 Å². The molecule has 0 aromatic heterocycles. The Morgan fingerprint density at radius 3 is 2.60 bits per heavy atom. The van der Waals surface area contributed by atoms with Crippen molar-refractivity contribution in [1.82, 2.24) is 5.43 Å². The van der Waals surface area contributed by atoms with E-state index in [2.05, 4.69) is 17.1 Å². The first-order valence-corrected chi connectivity index (χ1v) is 4.36. The van der Waals surface area contributed by atoms with E-state index in [-0.39, 0.29) is 11.7 Å². The van der Waals surface area contributed by atoms with E-state index in [1.165, 1.54) is 30.3 Å². The molecule has 0 atom stereocenters. The lowest BCUT2D eigenvalue weighted by atomic mass is 10.2. The van der Waals surface area contributed by atoms with Gasteiger partial charge in [0, 0.05) is 5.56 Å². The van der Waals surface area contributed by atoms with E-state index in [1.807, 2.05) is 0 Å². The zero-order valence-corrected chi connectivity index (χ0v) is 8.33. The van der Waals surface area contributed by atoms with Gasteiger partial charge in [0.05, 0.1) is 5.71 Å². The van der Waals surface area contributed by atoms with E-state index in [0.717, 1.165) is 0 Å². The summed E-state index contributed by atoms with van der Waals surface area (Å²) < 4.78 is 12.5. The third-order valence-corrected chi connectivity index (χ3v) is 1.74. The molecule has 1 aromatic rings. The van der Waals surface area contributed by atoms with Crippen LogP contribution in [0.5, 0.6) is 0 Å². The van der Waals surface area contributed by atoms with Gasteiger partial charge < -0.3 is 0 Å². The molecule has 1 N–H and O–H groups in total. The van der Waals surface area contributed by atoms with E-state index in [9.17, 15) is 9.18 Å². The molecule has 0 fully saturated rings. The smallest absolute Gasteiger partial charge is 0.267 e. The summed E-state index contributed by atoms with van der Waals surface area (Å²) in [4.78, 5) is 11.4. The average Bonchev–Trinajstić information content (AvgIpc) is 2.26. The van der Waals surface area contributed by atoms with Crippen molar-refractivity contribution in [2.75, 3.05) is 0 Å².